The van der Waals surface area contributed by atoms with Gasteiger partial charge in [0.15, 0.2) is 0 Å². The highest BCUT2D eigenvalue weighted by Gasteiger charge is 2.06. The fourth-order valence-electron chi connectivity index (χ4n) is 2.02. The molecule has 0 amide bonds. The van der Waals surface area contributed by atoms with Crippen molar-refractivity contribution in [2.75, 3.05) is 0 Å². The molecule has 0 aliphatic heterocycles. The third-order valence-corrected chi connectivity index (χ3v) is 3.14. The second-order valence-electron chi connectivity index (χ2n) is 4.73. The molecule has 0 spiro atoms. The molecule has 0 aliphatic carbocycles. The average molecular weight is 294 g/mol. The summed E-state index contributed by atoms with van der Waals surface area (Å²) < 4.78 is 6.51. The number of carbonyl (C=O) groups excluding carboxylic acids is 1. The fourth-order valence-corrected chi connectivity index (χ4v) is 2.02. The summed E-state index contributed by atoms with van der Waals surface area (Å²) in [5, 5.41) is 10.5. The van der Waals surface area contributed by atoms with Crippen molar-refractivity contribution in [2.45, 2.75) is 13.2 Å². The van der Waals surface area contributed by atoms with E-state index in [-0.39, 0.29) is 19.1 Å². The number of hydrogen-bond donors (Lipinski definition) is 0. The number of tetrazole rings is 1. The molecule has 0 fully saturated rings. The van der Waals surface area contributed by atoms with Gasteiger partial charge in [-0.05, 0) is 27.1 Å². The van der Waals surface area contributed by atoms with Gasteiger partial charge in [-0.15, -0.1) is 5.10 Å². The van der Waals surface area contributed by atoms with Crippen LogP contribution in [0.1, 0.15) is 5.56 Å². The molecular weight excluding hydrogens is 280 g/mol. The molecule has 0 N–H and O–H groups in total. The van der Waals surface area contributed by atoms with Gasteiger partial charge in [0.05, 0.1) is 0 Å². The van der Waals surface area contributed by atoms with E-state index >= 15 is 0 Å². The Balaban J connectivity index is 1.56. The van der Waals surface area contributed by atoms with E-state index in [4.69, 9.17) is 4.74 Å². The third-order valence-electron chi connectivity index (χ3n) is 3.14. The van der Waals surface area contributed by atoms with Crippen LogP contribution in [0.3, 0.4) is 0 Å². The SMILES string of the molecule is O=C(Cn1cnnn1)OCc1ccc(-c2ccccc2)cc1. The molecular formula is C16H14N4O2. The average Bonchev–Trinajstić information content (AvgIpc) is 3.07. The summed E-state index contributed by atoms with van der Waals surface area (Å²) >= 11 is 0. The summed E-state index contributed by atoms with van der Waals surface area (Å²) in [7, 11) is 0. The number of esters is 1. The molecule has 110 valence electrons. The molecule has 0 aliphatic rings. The quantitative estimate of drug-likeness (QED) is 0.674. The number of aromatic nitrogens is 4. The van der Waals surface area contributed by atoms with Crippen LogP contribution in [0, 0.1) is 0 Å². The Morgan fingerprint density at radius 1 is 1.00 bits per heavy atom. The second kappa shape index (κ2) is 6.62. The van der Waals surface area contributed by atoms with Gasteiger partial charge in [0.1, 0.15) is 19.5 Å². The van der Waals surface area contributed by atoms with Crippen LogP contribution in [0.5, 0.6) is 0 Å². The number of benzene rings is 2. The van der Waals surface area contributed by atoms with Crippen LogP contribution >= 0.6 is 0 Å². The van der Waals surface area contributed by atoms with Crippen LogP contribution in [0.15, 0.2) is 60.9 Å². The molecule has 1 aromatic heterocycles. The van der Waals surface area contributed by atoms with E-state index in [1.54, 1.807) is 0 Å². The van der Waals surface area contributed by atoms with Gasteiger partial charge >= 0.3 is 5.97 Å². The molecule has 6 nitrogen and oxygen atoms in total. The smallest absolute Gasteiger partial charge is 0.328 e. The Hall–Kier alpha value is -3.02. The highest BCUT2D eigenvalue weighted by atomic mass is 16.5. The monoisotopic (exact) mass is 294 g/mol. The number of hydrogen-bond acceptors (Lipinski definition) is 5. The Bertz CT molecular complexity index is 725. The zero-order valence-corrected chi connectivity index (χ0v) is 11.8. The zero-order valence-electron chi connectivity index (χ0n) is 11.8. The number of rotatable bonds is 5. The highest BCUT2D eigenvalue weighted by Crippen LogP contribution is 2.19. The van der Waals surface area contributed by atoms with Crippen molar-refractivity contribution in [3.8, 4) is 11.1 Å². The topological polar surface area (TPSA) is 69.9 Å². The van der Waals surface area contributed by atoms with E-state index in [1.807, 2.05) is 42.5 Å². The van der Waals surface area contributed by atoms with Crippen molar-refractivity contribution in [2.24, 2.45) is 0 Å². The lowest BCUT2D eigenvalue weighted by atomic mass is 10.0. The largest absolute Gasteiger partial charge is 0.459 e. The first-order chi connectivity index (χ1) is 10.8. The van der Waals surface area contributed by atoms with Gasteiger partial charge in [-0.25, -0.2) is 4.68 Å². The van der Waals surface area contributed by atoms with Crippen LogP contribution in [-0.2, 0) is 22.7 Å². The minimum Gasteiger partial charge on any atom is -0.459 e. The predicted molar refractivity (Wildman–Crippen MR) is 79.5 cm³/mol. The summed E-state index contributed by atoms with van der Waals surface area (Å²) in [5.74, 6) is -0.376. The minimum atomic E-state index is -0.376. The van der Waals surface area contributed by atoms with Crippen molar-refractivity contribution in [1.82, 2.24) is 20.2 Å². The zero-order chi connectivity index (χ0) is 15.2. The summed E-state index contributed by atoms with van der Waals surface area (Å²) in [4.78, 5) is 11.6. The second-order valence-corrected chi connectivity index (χ2v) is 4.73. The van der Waals surface area contributed by atoms with E-state index in [9.17, 15) is 4.79 Å². The van der Waals surface area contributed by atoms with Crippen molar-refractivity contribution in [3.05, 3.63) is 66.5 Å². The summed E-state index contributed by atoms with van der Waals surface area (Å²) in [6.07, 6.45) is 1.37. The molecule has 0 radical (unpaired) electrons. The fraction of sp³-hybridized carbons (Fsp3) is 0.125. The van der Waals surface area contributed by atoms with Crippen LogP contribution in [0.2, 0.25) is 0 Å². The van der Waals surface area contributed by atoms with Gasteiger partial charge in [0.2, 0.25) is 0 Å². The van der Waals surface area contributed by atoms with Gasteiger partial charge in [-0.2, -0.15) is 0 Å². The summed E-state index contributed by atoms with van der Waals surface area (Å²) in [6.45, 7) is 0.241. The maximum atomic E-state index is 11.6. The van der Waals surface area contributed by atoms with Crippen molar-refractivity contribution in [1.29, 1.82) is 0 Å². The van der Waals surface area contributed by atoms with Gasteiger partial charge in [0, 0.05) is 0 Å². The van der Waals surface area contributed by atoms with Crippen molar-refractivity contribution in [3.63, 3.8) is 0 Å². The van der Waals surface area contributed by atoms with Gasteiger partial charge in [-0.3, -0.25) is 4.79 Å². The first-order valence-corrected chi connectivity index (χ1v) is 6.82. The molecule has 0 atom stereocenters. The number of nitrogens with zero attached hydrogens (tertiary/aromatic N) is 4. The lowest BCUT2D eigenvalue weighted by Gasteiger charge is -2.06. The molecule has 0 saturated heterocycles. The van der Waals surface area contributed by atoms with Crippen LogP contribution in [0.25, 0.3) is 11.1 Å². The molecule has 0 bridgehead atoms. The maximum absolute atomic E-state index is 11.6. The Morgan fingerprint density at radius 3 is 2.41 bits per heavy atom. The summed E-state index contributed by atoms with van der Waals surface area (Å²) in [5.41, 5.74) is 3.22. The Labute approximate surface area is 127 Å². The lowest BCUT2D eigenvalue weighted by molar-refractivity contribution is -0.145. The Morgan fingerprint density at radius 2 is 1.73 bits per heavy atom. The van der Waals surface area contributed by atoms with E-state index in [0.717, 1.165) is 16.7 Å². The standard InChI is InChI=1S/C16H14N4O2/c21-16(10-20-12-17-18-19-20)22-11-13-6-8-15(9-7-13)14-4-2-1-3-5-14/h1-9,12H,10-11H2. The van der Waals surface area contributed by atoms with E-state index < -0.39 is 0 Å². The van der Waals surface area contributed by atoms with Crippen molar-refractivity contribution < 1.29 is 9.53 Å². The first kappa shape index (κ1) is 13.9. The van der Waals surface area contributed by atoms with Crippen LogP contribution < -0.4 is 0 Å². The maximum Gasteiger partial charge on any atom is 0.328 e. The molecule has 2 aromatic carbocycles. The molecule has 0 unspecified atom stereocenters. The minimum absolute atomic E-state index is 0.00903. The van der Waals surface area contributed by atoms with E-state index in [1.165, 1.54) is 11.0 Å². The van der Waals surface area contributed by atoms with Gasteiger partial charge in [-0.1, -0.05) is 54.6 Å². The molecule has 6 heteroatoms. The first-order valence-electron chi connectivity index (χ1n) is 6.82. The van der Waals surface area contributed by atoms with E-state index in [0.29, 0.717) is 0 Å². The van der Waals surface area contributed by atoms with Gasteiger partial charge in [0.25, 0.3) is 0 Å². The molecule has 3 aromatic rings. The number of carbonyl (C=O) groups is 1. The van der Waals surface area contributed by atoms with Gasteiger partial charge < -0.3 is 4.74 Å². The normalized spacial score (nSPS) is 10.4. The van der Waals surface area contributed by atoms with Crippen molar-refractivity contribution >= 4 is 5.97 Å². The third kappa shape index (κ3) is 3.54. The lowest BCUT2D eigenvalue weighted by Crippen LogP contribution is -2.14. The molecule has 22 heavy (non-hydrogen) atoms. The number of ether oxygens (including phenoxy) is 1. The van der Waals surface area contributed by atoms with E-state index in [2.05, 4.69) is 27.7 Å². The van der Waals surface area contributed by atoms with Crippen LogP contribution in [0.4, 0.5) is 0 Å². The van der Waals surface area contributed by atoms with Crippen LogP contribution in [-0.4, -0.2) is 26.2 Å². The summed E-state index contributed by atoms with van der Waals surface area (Å²) in [6, 6.07) is 18.0. The molecule has 0 saturated carbocycles. The highest BCUT2D eigenvalue weighted by molar-refractivity contribution is 5.69. The molecule has 3 rings (SSSR count). The Kier molecular flexibility index (Phi) is 4.20. The molecule has 1 heterocycles. The predicted octanol–water partition coefficient (Wildman–Crippen LogP) is 2.08.